The van der Waals surface area contributed by atoms with E-state index in [2.05, 4.69) is 15.2 Å². The number of ether oxygens (including phenoxy) is 1. The number of alkyl halides is 1. The summed E-state index contributed by atoms with van der Waals surface area (Å²) < 4.78 is 20.3. The minimum absolute atomic E-state index is 0.0590. The lowest BCUT2D eigenvalue weighted by Crippen LogP contribution is -2.51. The Hall–Kier alpha value is -2.93. The number of carbonyl (C=O) groups is 1. The fraction of sp³-hybridized carbons (Fsp3) is 0.417. The molecule has 2 aliphatic heterocycles. The van der Waals surface area contributed by atoms with Crippen LogP contribution >= 0.6 is 0 Å². The molecule has 1 aliphatic carbocycles. The Bertz CT molecular complexity index is 917. The Morgan fingerprint density at radius 1 is 1.19 bits per heavy atom. The topological polar surface area (TPSA) is 57.2 Å². The summed E-state index contributed by atoms with van der Waals surface area (Å²) in [6.45, 7) is 6.84. The van der Waals surface area contributed by atoms with E-state index in [4.69, 9.17) is 4.74 Å². The predicted octanol–water partition coefficient (Wildman–Crippen LogP) is 3.05. The van der Waals surface area contributed by atoms with Crippen molar-refractivity contribution in [2.45, 2.75) is 26.1 Å². The quantitative estimate of drug-likeness (QED) is 0.807. The van der Waals surface area contributed by atoms with Crippen LogP contribution in [-0.2, 0) is 9.53 Å². The summed E-state index contributed by atoms with van der Waals surface area (Å²) in [6, 6.07) is 9.51. The number of halogens is 1. The number of hydrogen-bond donors (Lipinski definition) is 1. The number of benzene rings is 1. The number of guanidine groups is 1. The second-order valence-electron chi connectivity index (χ2n) is 8.10. The van der Waals surface area contributed by atoms with Crippen LogP contribution in [0.4, 0.5) is 10.1 Å². The van der Waals surface area contributed by atoms with E-state index in [1.54, 1.807) is 11.0 Å². The first-order valence-corrected chi connectivity index (χ1v) is 10.8. The van der Waals surface area contributed by atoms with E-state index >= 15 is 0 Å². The molecule has 1 fully saturated rings. The van der Waals surface area contributed by atoms with Crippen molar-refractivity contribution in [2.24, 2.45) is 10.9 Å². The third kappa shape index (κ3) is 4.56. The second-order valence-corrected chi connectivity index (χ2v) is 8.10. The van der Waals surface area contributed by atoms with E-state index in [0.29, 0.717) is 43.5 Å². The van der Waals surface area contributed by atoms with Gasteiger partial charge in [0.25, 0.3) is 5.91 Å². The number of allylic oxidation sites excluding steroid dienone is 4. The molecule has 1 aromatic rings. The average Bonchev–Trinajstić information content (AvgIpc) is 2.80. The van der Waals surface area contributed by atoms with Gasteiger partial charge in [-0.2, -0.15) is 0 Å². The smallest absolute Gasteiger partial charge is 0.258 e. The van der Waals surface area contributed by atoms with E-state index in [1.807, 2.05) is 56.3 Å². The minimum Gasteiger partial charge on any atom is -0.378 e. The molecular weight excluding hydrogens is 395 g/mol. The van der Waals surface area contributed by atoms with E-state index in [-0.39, 0.29) is 18.5 Å². The van der Waals surface area contributed by atoms with E-state index in [0.717, 1.165) is 5.69 Å². The molecule has 1 aromatic carbocycles. The number of morpholine rings is 1. The largest absolute Gasteiger partial charge is 0.378 e. The Morgan fingerprint density at radius 3 is 2.58 bits per heavy atom. The van der Waals surface area contributed by atoms with Gasteiger partial charge in [-0.1, -0.05) is 36.4 Å². The number of amides is 1. The molecule has 164 valence electrons. The maximum Gasteiger partial charge on any atom is 0.258 e. The Balaban J connectivity index is 1.69. The summed E-state index contributed by atoms with van der Waals surface area (Å²) in [4.78, 5) is 22.3. The molecule has 0 aromatic heterocycles. The molecular formula is C24H29FN4O2. The van der Waals surface area contributed by atoms with Gasteiger partial charge in [-0.05, 0) is 32.1 Å². The molecule has 6 nitrogen and oxygen atoms in total. The molecule has 0 radical (unpaired) electrons. The normalized spacial score (nSPS) is 23.6. The van der Waals surface area contributed by atoms with Gasteiger partial charge < -0.3 is 19.9 Å². The van der Waals surface area contributed by atoms with Crippen molar-refractivity contribution in [3.63, 3.8) is 0 Å². The highest BCUT2D eigenvalue weighted by Crippen LogP contribution is 2.29. The molecule has 3 aliphatic rings. The highest BCUT2D eigenvalue weighted by atomic mass is 19.1. The zero-order valence-corrected chi connectivity index (χ0v) is 18.0. The van der Waals surface area contributed by atoms with Crippen LogP contribution in [0.5, 0.6) is 0 Å². The first-order valence-electron chi connectivity index (χ1n) is 10.8. The molecule has 4 rings (SSSR count). The highest BCUT2D eigenvalue weighted by Gasteiger charge is 2.34. The van der Waals surface area contributed by atoms with Crippen molar-refractivity contribution in [3.05, 3.63) is 65.9 Å². The van der Waals surface area contributed by atoms with Crippen LogP contribution in [0.3, 0.4) is 0 Å². The van der Waals surface area contributed by atoms with Crippen molar-refractivity contribution in [2.75, 3.05) is 37.7 Å². The number of nitrogens with zero attached hydrogens (tertiary/aromatic N) is 3. The molecule has 2 atom stereocenters. The fourth-order valence-corrected chi connectivity index (χ4v) is 4.12. The first-order chi connectivity index (χ1) is 15.1. The van der Waals surface area contributed by atoms with Crippen LogP contribution < -0.4 is 10.2 Å². The molecule has 2 unspecified atom stereocenters. The Morgan fingerprint density at radius 2 is 1.90 bits per heavy atom. The maximum atomic E-state index is 14.9. The molecule has 0 spiro atoms. The van der Waals surface area contributed by atoms with Gasteiger partial charge in [0, 0.05) is 30.5 Å². The molecule has 0 saturated carbocycles. The zero-order valence-electron chi connectivity index (χ0n) is 18.0. The van der Waals surface area contributed by atoms with Gasteiger partial charge in [-0.3, -0.25) is 4.79 Å². The standard InChI is InChI=1S/C24H29FN4O2/c1-17(2)29(18-8-4-3-5-9-18)23(30)20-16-26-24(28-12-14-31-15-13-28)27-22(20)19-10-6-7-11-21(19)25/h3-11,17,19,21H,12-16H2,1-2H3,(H,26,27). The summed E-state index contributed by atoms with van der Waals surface area (Å²) >= 11 is 0. The molecule has 0 bridgehead atoms. The molecule has 7 heteroatoms. The zero-order chi connectivity index (χ0) is 21.8. The van der Waals surface area contributed by atoms with Gasteiger partial charge in [0.2, 0.25) is 0 Å². The fourth-order valence-electron chi connectivity index (χ4n) is 4.12. The van der Waals surface area contributed by atoms with Crippen LogP contribution in [0.25, 0.3) is 0 Å². The number of carbonyl (C=O) groups excluding carboxylic acids is 1. The number of rotatable bonds is 4. The van der Waals surface area contributed by atoms with E-state index in [9.17, 15) is 9.18 Å². The van der Waals surface area contributed by atoms with Gasteiger partial charge in [0.05, 0.1) is 31.2 Å². The molecule has 2 heterocycles. The van der Waals surface area contributed by atoms with E-state index in [1.165, 1.54) is 6.08 Å². The molecule has 1 saturated heterocycles. The first kappa shape index (κ1) is 21.3. The summed E-state index contributed by atoms with van der Waals surface area (Å²) in [5.41, 5.74) is 1.91. The number of nitrogens with one attached hydrogen (secondary N) is 1. The molecule has 1 N–H and O–H groups in total. The SMILES string of the molecule is CC(C)N(C(=O)C1=C(C2C=CC=CC2F)NC(N2CCOCC2)=NC1)c1ccccc1. The minimum atomic E-state index is -1.21. The molecule has 1 amide bonds. The number of hydrogen-bond acceptors (Lipinski definition) is 5. The average molecular weight is 425 g/mol. The van der Waals surface area contributed by atoms with Crippen molar-refractivity contribution < 1.29 is 13.9 Å². The molecule has 31 heavy (non-hydrogen) atoms. The maximum absolute atomic E-state index is 14.9. The Kier molecular flexibility index (Phi) is 6.51. The Labute approximate surface area is 182 Å². The summed E-state index contributed by atoms with van der Waals surface area (Å²) in [5, 5.41) is 3.33. The van der Waals surface area contributed by atoms with Gasteiger partial charge in [-0.25, -0.2) is 9.38 Å². The second kappa shape index (κ2) is 9.47. The lowest BCUT2D eigenvalue weighted by atomic mass is 9.91. The van der Waals surface area contributed by atoms with Crippen LogP contribution in [0, 0.1) is 5.92 Å². The van der Waals surface area contributed by atoms with Crippen LogP contribution in [0.2, 0.25) is 0 Å². The number of para-hydroxylation sites is 1. The van der Waals surface area contributed by atoms with Crippen LogP contribution in [0.15, 0.2) is 70.9 Å². The van der Waals surface area contributed by atoms with Gasteiger partial charge in [0.1, 0.15) is 6.17 Å². The van der Waals surface area contributed by atoms with Crippen LogP contribution in [-0.4, -0.2) is 61.8 Å². The third-order valence-corrected chi connectivity index (χ3v) is 5.70. The summed E-state index contributed by atoms with van der Waals surface area (Å²) in [6.07, 6.45) is 5.66. The van der Waals surface area contributed by atoms with Crippen molar-refractivity contribution >= 4 is 17.6 Å². The van der Waals surface area contributed by atoms with Crippen molar-refractivity contribution in [3.8, 4) is 0 Å². The monoisotopic (exact) mass is 424 g/mol. The number of anilines is 1. The summed E-state index contributed by atoms with van der Waals surface area (Å²) in [5.74, 6) is -0.0234. The van der Waals surface area contributed by atoms with Gasteiger partial charge in [-0.15, -0.1) is 0 Å². The third-order valence-electron chi connectivity index (χ3n) is 5.70. The summed E-state index contributed by atoms with van der Waals surface area (Å²) in [7, 11) is 0. The van der Waals surface area contributed by atoms with Crippen LogP contribution in [0.1, 0.15) is 13.8 Å². The highest BCUT2D eigenvalue weighted by molar-refractivity contribution is 6.08. The number of aliphatic imine (C=N–C) groups is 1. The lowest BCUT2D eigenvalue weighted by molar-refractivity contribution is -0.115. The lowest BCUT2D eigenvalue weighted by Gasteiger charge is -2.36. The van der Waals surface area contributed by atoms with Gasteiger partial charge >= 0.3 is 0 Å². The van der Waals surface area contributed by atoms with Crippen molar-refractivity contribution in [1.29, 1.82) is 0 Å². The van der Waals surface area contributed by atoms with Gasteiger partial charge in [0.15, 0.2) is 5.96 Å². The predicted molar refractivity (Wildman–Crippen MR) is 121 cm³/mol. The van der Waals surface area contributed by atoms with E-state index < -0.39 is 12.1 Å². The van der Waals surface area contributed by atoms with Crippen molar-refractivity contribution in [1.82, 2.24) is 10.2 Å².